The quantitative estimate of drug-likeness (QED) is 0.644. The predicted molar refractivity (Wildman–Crippen MR) is 101 cm³/mol. The monoisotopic (exact) mass is 389 g/mol. The molecule has 6 heteroatoms. The molecule has 1 aromatic heterocycles. The summed E-state index contributed by atoms with van der Waals surface area (Å²) in [5.74, 6) is -0.538. The number of sulfone groups is 1. The molecule has 1 aliphatic rings. The maximum Gasteiger partial charge on any atom is 0.177 e. The Morgan fingerprint density at radius 2 is 1.92 bits per heavy atom. The maximum atomic E-state index is 14.2. The first-order valence-electron chi connectivity index (χ1n) is 8.33. The minimum Gasteiger partial charge on any atom is -0.335 e. The van der Waals surface area contributed by atoms with E-state index in [1.165, 1.54) is 6.07 Å². The Morgan fingerprint density at radius 3 is 2.58 bits per heavy atom. The molecule has 0 spiro atoms. The molecular weight excluding hydrogens is 373 g/mol. The van der Waals surface area contributed by atoms with E-state index in [0.717, 1.165) is 42.0 Å². The van der Waals surface area contributed by atoms with Crippen molar-refractivity contribution in [3.63, 3.8) is 0 Å². The Labute approximate surface area is 157 Å². The zero-order valence-electron chi connectivity index (χ0n) is 14.4. The first kappa shape index (κ1) is 17.6. The van der Waals surface area contributed by atoms with Crippen LogP contribution in [0, 0.1) is 12.2 Å². The molecule has 0 saturated heterocycles. The fourth-order valence-corrected chi connectivity index (χ4v) is 4.76. The normalized spacial score (nSPS) is 15.4. The highest BCUT2D eigenvalue weighted by atomic mass is 35.5. The van der Waals surface area contributed by atoms with Crippen LogP contribution < -0.4 is 0 Å². The maximum absolute atomic E-state index is 14.2. The summed E-state index contributed by atoms with van der Waals surface area (Å²) in [6.07, 6.45) is 5.94. The lowest BCUT2D eigenvalue weighted by Crippen LogP contribution is -2.11. The van der Waals surface area contributed by atoms with Gasteiger partial charge in [0.05, 0.1) is 16.5 Å². The van der Waals surface area contributed by atoms with E-state index in [-0.39, 0.29) is 10.9 Å². The average molecular weight is 390 g/mol. The van der Waals surface area contributed by atoms with Crippen LogP contribution in [0.1, 0.15) is 36.2 Å². The van der Waals surface area contributed by atoms with Gasteiger partial charge in [-0.25, -0.2) is 12.8 Å². The minimum atomic E-state index is -3.59. The molecule has 1 unspecified atom stereocenters. The Bertz CT molecular complexity index is 1120. The van der Waals surface area contributed by atoms with Crippen LogP contribution >= 0.6 is 11.6 Å². The average Bonchev–Trinajstić information content (AvgIpc) is 3.14. The number of benzene rings is 2. The molecule has 0 aliphatic heterocycles. The number of fused-ring (bicyclic) bond motifs is 3. The van der Waals surface area contributed by atoms with Crippen molar-refractivity contribution >= 4 is 32.3 Å². The lowest BCUT2D eigenvalue weighted by atomic mass is 10.1. The van der Waals surface area contributed by atoms with Crippen molar-refractivity contribution in [2.24, 2.45) is 0 Å². The largest absolute Gasteiger partial charge is 0.335 e. The van der Waals surface area contributed by atoms with E-state index >= 15 is 0 Å². The number of hydrogen-bond acceptors (Lipinski definition) is 2. The molecule has 1 aliphatic carbocycles. The Hall–Kier alpha value is -1.85. The number of hydrogen-bond donors (Lipinski definition) is 0. The molecule has 3 nitrogen and oxygen atoms in total. The van der Waals surface area contributed by atoms with E-state index in [2.05, 4.69) is 6.42 Å². The van der Waals surface area contributed by atoms with Crippen LogP contribution in [0.2, 0.25) is 5.02 Å². The van der Waals surface area contributed by atoms with Gasteiger partial charge in [0.25, 0.3) is 0 Å². The van der Waals surface area contributed by atoms with Gasteiger partial charge in [-0.2, -0.15) is 0 Å². The Balaban J connectivity index is 2.07. The molecule has 0 saturated carbocycles. The molecule has 1 atom stereocenters. The van der Waals surface area contributed by atoms with Gasteiger partial charge in [-0.05, 0) is 55.2 Å². The molecule has 4 rings (SSSR count). The van der Waals surface area contributed by atoms with E-state index in [1.54, 1.807) is 0 Å². The van der Waals surface area contributed by atoms with Crippen LogP contribution in [0.4, 0.5) is 4.39 Å². The second kappa shape index (κ2) is 6.10. The highest BCUT2D eigenvalue weighted by molar-refractivity contribution is 7.91. The number of aryl methyl sites for hydroxylation is 1. The van der Waals surface area contributed by atoms with Gasteiger partial charge in [0, 0.05) is 28.8 Å². The summed E-state index contributed by atoms with van der Waals surface area (Å²) in [6.45, 7) is 2.00. The summed E-state index contributed by atoms with van der Waals surface area (Å²) in [5, 5.41) is 1.30. The van der Waals surface area contributed by atoms with Gasteiger partial charge >= 0.3 is 0 Å². The third kappa shape index (κ3) is 2.74. The van der Waals surface area contributed by atoms with Crippen LogP contribution in [-0.2, 0) is 16.3 Å². The van der Waals surface area contributed by atoms with E-state index < -0.39 is 15.7 Å². The molecule has 0 fully saturated rings. The molecule has 3 aromatic rings. The molecule has 26 heavy (non-hydrogen) atoms. The summed E-state index contributed by atoms with van der Waals surface area (Å²) in [6, 6.07) is 9.86. The molecule has 134 valence electrons. The SMILES string of the molecule is CC(c1ccc(Cl)cc1)n1c2c(c3cc(F)cc(S(C)(=O)=O)c31)CC[C]2. The van der Waals surface area contributed by atoms with Gasteiger partial charge in [-0.3, -0.25) is 0 Å². The van der Waals surface area contributed by atoms with Crippen LogP contribution in [0.5, 0.6) is 0 Å². The van der Waals surface area contributed by atoms with Gasteiger partial charge in [0.15, 0.2) is 9.84 Å². The summed E-state index contributed by atoms with van der Waals surface area (Å²) in [4.78, 5) is 0.0181. The minimum absolute atomic E-state index is 0.0181. The van der Waals surface area contributed by atoms with E-state index in [9.17, 15) is 12.8 Å². The van der Waals surface area contributed by atoms with Gasteiger partial charge in [0.2, 0.25) is 0 Å². The topological polar surface area (TPSA) is 39.1 Å². The molecule has 2 aromatic carbocycles. The van der Waals surface area contributed by atoms with Crippen LogP contribution in [0.25, 0.3) is 10.9 Å². The van der Waals surface area contributed by atoms with Crippen molar-refractivity contribution in [1.82, 2.24) is 4.57 Å². The van der Waals surface area contributed by atoms with Crippen LogP contribution in [0.3, 0.4) is 0 Å². The van der Waals surface area contributed by atoms with Gasteiger partial charge in [-0.1, -0.05) is 23.7 Å². The second-order valence-electron chi connectivity index (χ2n) is 6.67. The van der Waals surface area contributed by atoms with Crippen LogP contribution in [-0.4, -0.2) is 19.2 Å². The lowest BCUT2D eigenvalue weighted by molar-refractivity contribution is 0.594. The molecule has 0 N–H and O–H groups in total. The highest BCUT2D eigenvalue weighted by Crippen LogP contribution is 2.41. The predicted octanol–water partition coefficient (Wildman–Crippen LogP) is 4.82. The molecule has 1 heterocycles. The molecule has 2 radical (unpaired) electrons. The van der Waals surface area contributed by atoms with E-state index in [1.807, 2.05) is 35.8 Å². The van der Waals surface area contributed by atoms with E-state index in [0.29, 0.717) is 15.9 Å². The standard InChI is InChI=1S/C20H17ClFNO2S/c1-12(13-6-8-14(21)9-7-13)23-18-5-3-4-16(18)17-10-15(22)11-19(20(17)23)26(2,24)25/h6-12H,3-4H2,1-2H3. The van der Waals surface area contributed by atoms with Gasteiger partial charge < -0.3 is 4.57 Å². The van der Waals surface area contributed by atoms with E-state index in [4.69, 9.17) is 11.6 Å². The number of halogens is 2. The van der Waals surface area contributed by atoms with Crippen molar-refractivity contribution in [1.29, 1.82) is 0 Å². The Morgan fingerprint density at radius 1 is 1.23 bits per heavy atom. The van der Waals surface area contributed by atoms with Gasteiger partial charge in [0.1, 0.15) is 5.82 Å². The number of nitrogens with zero attached hydrogens (tertiary/aromatic N) is 1. The first-order chi connectivity index (χ1) is 12.3. The third-order valence-corrected chi connectivity index (χ3v) is 6.30. The van der Waals surface area contributed by atoms with Gasteiger partial charge in [-0.15, -0.1) is 0 Å². The molecular formula is C20H17ClFNO2S. The molecule has 0 bridgehead atoms. The smallest absolute Gasteiger partial charge is 0.177 e. The van der Waals surface area contributed by atoms with Crippen molar-refractivity contribution in [3.05, 3.63) is 70.5 Å². The third-order valence-electron chi connectivity index (χ3n) is 4.94. The second-order valence-corrected chi connectivity index (χ2v) is 9.09. The highest BCUT2D eigenvalue weighted by Gasteiger charge is 2.29. The molecule has 0 amide bonds. The van der Waals surface area contributed by atoms with Crippen molar-refractivity contribution in [2.75, 3.05) is 6.26 Å². The number of rotatable bonds is 3. The zero-order valence-corrected chi connectivity index (χ0v) is 16.0. The lowest BCUT2D eigenvalue weighted by Gasteiger charge is -2.20. The summed E-state index contributed by atoms with van der Waals surface area (Å²) in [5.41, 5.74) is 3.36. The van der Waals surface area contributed by atoms with Crippen LogP contribution in [0.15, 0.2) is 41.3 Å². The fourth-order valence-electron chi connectivity index (χ4n) is 3.75. The Kier molecular flexibility index (Phi) is 4.12. The van der Waals surface area contributed by atoms with Crippen molar-refractivity contribution in [3.8, 4) is 0 Å². The summed E-state index contributed by atoms with van der Waals surface area (Å²) >= 11 is 5.99. The first-order valence-corrected chi connectivity index (χ1v) is 10.6. The van der Waals surface area contributed by atoms with Crippen molar-refractivity contribution in [2.45, 2.75) is 30.7 Å². The zero-order chi connectivity index (χ0) is 18.6. The summed E-state index contributed by atoms with van der Waals surface area (Å²) in [7, 11) is -3.59. The summed E-state index contributed by atoms with van der Waals surface area (Å²) < 4.78 is 40.9. The van der Waals surface area contributed by atoms with Crippen molar-refractivity contribution < 1.29 is 12.8 Å². The number of aromatic nitrogens is 1. The fraction of sp³-hybridized carbons (Fsp3) is 0.250.